The molecule has 1 unspecified atom stereocenters. The second-order valence-electron chi connectivity index (χ2n) is 4.77. The maximum atomic E-state index is 12.5. The van der Waals surface area contributed by atoms with Crippen LogP contribution in [0.4, 0.5) is 0 Å². The van der Waals surface area contributed by atoms with Crippen LogP contribution in [0.25, 0.3) is 0 Å². The number of nitrogens with zero attached hydrogens (tertiary/aromatic N) is 3. The summed E-state index contributed by atoms with van der Waals surface area (Å²) < 4.78 is 33.2. The minimum absolute atomic E-state index is 0.0889. The molecule has 0 saturated carbocycles. The van der Waals surface area contributed by atoms with Crippen LogP contribution >= 0.6 is 0 Å². The van der Waals surface area contributed by atoms with E-state index in [-0.39, 0.29) is 17.1 Å². The van der Waals surface area contributed by atoms with Gasteiger partial charge >= 0.3 is 0 Å². The molecule has 1 aromatic heterocycles. The number of hydrogen-bond acceptors (Lipinski definition) is 4. The van der Waals surface area contributed by atoms with Gasteiger partial charge in [0, 0.05) is 31.9 Å². The predicted octanol–water partition coefficient (Wildman–Crippen LogP) is 1.51. The number of hydrogen-bond donors (Lipinski definition) is 0. The van der Waals surface area contributed by atoms with Gasteiger partial charge in [0.2, 0.25) is 0 Å². The molecule has 0 aliphatic heterocycles. The molecule has 0 spiro atoms. The van der Waals surface area contributed by atoms with Crippen molar-refractivity contribution >= 4 is 10.0 Å². The van der Waals surface area contributed by atoms with E-state index < -0.39 is 10.0 Å². The van der Waals surface area contributed by atoms with Crippen LogP contribution in [0.3, 0.4) is 0 Å². The molecule has 0 radical (unpaired) electrons. The molecule has 0 N–H and O–H groups in total. The molecule has 1 rings (SSSR count). The summed E-state index contributed by atoms with van der Waals surface area (Å²) in [5.41, 5.74) is 0. The Balaban J connectivity index is 3.06. The minimum atomic E-state index is -3.56. The van der Waals surface area contributed by atoms with Crippen LogP contribution in [0.15, 0.2) is 17.6 Å². The Hall–Kier alpha value is -0.920. The Bertz CT molecular complexity index is 496. The van der Waals surface area contributed by atoms with Crippen LogP contribution < -0.4 is 0 Å². The van der Waals surface area contributed by atoms with Gasteiger partial charge in [-0.25, -0.2) is 13.4 Å². The average Bonchev–Trinajstić information content (AvgIpc) is 2.79. The Morgan fingerprint density at radius 2 is 2.05 bits per heavy atom. The summed E-state index contributed by atoms with van der Waals surface area (Å²) in [5, 5.41) is 0.0889. The molecule has 0 aliphatic carbocycles. The highest BCUT2D eigenvalue weighted by Crippen LogP contribution is 2.18. The third-order valence-electron chi connectivity index (χ3n) is 2.96. The maximum Gasteiger partial charge on any atom is 0.262 e. The first-order valence-electron chi connectivity index (χ1n) is 6.38. The molecule has 19 heavy (non-hydrogen) atoms. The van der Waals surface area contributed by atoms with E-state index >= 15 is 0 Å². The van der Waals surface area contributed by atoms with Crippen molar-refractivity contribution in [2.75, 3.05) is 20.3 Å². The standard InChI is InChI=1S/C12H23N3O3S/c1-6-15(11(4)8-18-5)19(16,17)12-7-14(9-13-12)10(2)3/h7,9-11H,6,8H2,1-5H3. The number of likely N-dealkylation sites (N-methyl/N-ethyl adjacent to an activating group) is 1. The van der Waals surface area contributed by atoms with Gasteiger partial charge in [0.25, 0.3) is 10.0 Å². The molecule has 0 saturated heterocycles. The van der Waals surface area contributed by atoms with Crippen LogP contribution in [0.2, 0.25) is 0 Å². The monoisotopic (exact) mass is 289 g/mol. The van der Waals surface area contributed by atoms with Gasteiger partial charge in [-0.3, -0.25) is 0 Å². The van der Waals surface area contributed by atoms with Crippen molar-refractivity contribution in [1.82, 2.24) is 13.9 Å². The second-order valence-corrected chi connectivity index (χ2v) is 6.60. The molecule has 1 aromatic rings. The van der Waals surface area contributed by atoms with Gasteiger partial charge in [0.1, 0.15) is 0 Å². The Kier molecular flexibility index (Phi) is 5.51. The molecular weight excluding hydrogens is 266 g/mol. The van der Waals surface area contributed by atoms with Gasteiger partial charge in [0.15, 0.2) is 5.03 Å². The topological polar surface area (TPSA) is 64.4 Å². The number of imidazole rings is 1. The van der Waals surface area contributed by atoms with Crippen molar-refractivity contribution in [3.8, 4) is 0 Å². The van der Waals surface area contributed by atoms with Crippen LogP contribution in [-0.2, 0) is 14.8 Å². The highest BCUT2D eigenvalue weighted by atomic mass is 32.2. The van der Waals surface area contributed by atoms with Gasteiger partial charge in [-0.15, -0.1) is 0 Å². The summed E-state index contributed by atoms with van der Waals surface area (Å²) >= 11 is 0. The van der Waals surface area contributed by atoms with E-state index in [0.717, 1.165) is 0 Å². The van der Waals surface area contributed by atoms with E-state index in [1.807, 2.05) is 27.7 Å². The van der Waals surface area contributed by atoms with E-state index in [1.54, 1.807) is 24.2 Å². The number of rotatable bonds is 7. The molecule has 7 heteroatoms. The van der Waals surface area contributed by atoms with Gasteiger partial charge < -0.3 is 9.30 Å². The maximum absolute atomic E-state index is 12.5. The largest absolute Gasteiger partial charge is 0.383 e. The Morgan fingerprint density at radius 3 is 2.47 bits per heavy atom. The highest BCUT2D eigenvalue weighted by Gasteiger charge is 2.29. The fourth-order valence-electron chi connectivity index (χ4n) is 1.90. The number of methoxy groups -OCH3 is 1. The third-order valence-corrected chi connectivity index (χ3v) is 4.93. The highest BCUT2D eigenvalue weighted by molar-refractivity contribution is 7.89. The van der Waals surface area contributed by atoms with Crippen LogP contribution in [0, 0.1) is 0 Å². The van der Waals surface area contributed by atoms with Crippen LogP contribution in [0.1, 0.15) is 33.7 Å². The molecule has 0 bridgehead atoms. The molecule has 6 nitrogen and oxygen atoms in total. The Morgan fingerprint density at radius 1 is 1.42 bits per heavy atom. The zero-order valence-electron chi connectivity index (χ0n) is 12.2. The molecule has 1 heterocycles. The molecule has 0 aliphatic rings. The van der Waals surface area contributed by atoms with Gasteiger partial charge in [-0.2, -0.15) is 4.31 Å². The molecule has 1 atom stereocenters. The zero-order valence-corrected chi connectivity index (χ0v) is 13.0. The van der Waals surface area contributed by atoms with E-state index in [4.69, 9.17) is 4.74 Å². The zero-order chi connectivity index (χ0) is 14.6. The first-order valence-corrected chi connectivity index (χ1v) is 7.82. The van der Waals surface area contributed by atoms with Gasteiger partial charge in [-0.05, 0) is 20.8 Å². The quantitative estimate of drug-likeness (QED) is 0.763. The van der Waals surface area contributed by atoms with Crippen molar-refractivity contribution < 1.29 is 13.2 Å². The number of ether oxygens (including phenoxy) is 1. The van der Waals surface area contributed by atoms with Crippen LogP contribution in [0.5, 0.6) is 0 Å². The lowest BCUT2D eigenvalue weighted by Crippen LogP contribution is -2.41. The number of aromatic nitrogens is 2. The first-order chi connectivity index (χ1) is 8.84. The van der Waals surface area contributed by atoms with Crippen molar-refractivity contribution in [3.05, 3.63) is 12.5 Å². The fourth-order valence-corrected chi connectivity index (χ4v) is 3.45. The second kappa shape index (κ2) is 6.49. The minimum Gasteiger partial charge on any atom is -0.383 e. The lowest BCUT2D eigenvalue weighted by Gasteiger charge is -2.25. The van der Waals surface area contributed by atoms with Crippen molar-refractivity contribution in [2.24, 2.45) is 0 Å². The smallest absolute Gasteiger partial charge is 0.262 e. The first kappa shape index (κ1) is 16.1. The van der Waals surface area contributed by atoms with Crippen molar-refractivity contribution in [1.29, 1.82) is 0 Å². The molecular formula is C12H23N3O3S. The van der Waals surface area contributed by atoms with Crippen LogP contribution in [-0.4, -0.2) is 48.6 Å². The van der Waals surface area contributed by atoms with E-state index in [9.17, 15) is 8.42 Å². The third kappa shape index (κ3) is 3.55. The SMILES string of the molecule is CCN(C(C)COC)S(=O)(=O)c1cn(C(C)C)cn1. The van der Waals surface area contributed by atoms with E-state index in [1.165, 1.54) is 4.31 Å². The summed E-state index contributed by atoms with van der Waals surface area (Å²) in [4.78, 5) is 4.01. The summed E-state index contributed by atoms with van der Waals surface area (Å²) in [5.74, 6) is 0. The van der Waals surface area contributed by atoms with Crippen molar-refractivity contribution in [3.63, 3.8) is 0 Å². The summed E-state index contributed by atoms with van der Waals surface area (Å²) in [6.45, 7) is 8.33. The van der Waals surface area contributed by atoms with Crippen molar-refractivity contribution in [2.45, 2.75) is 44.8 Å². The summed E-state index contributed by atoms with van der Waals surface area (Å²) in [7, 11) is -2.00. The van der Waals surface area contributed by atoms with E-state index in [0.29, 0.717) is 13.2 Å². The fraction of sp³-hybridized carbons (Fsp3) is 0.750. The molecule has 0 fully saturated rings. The van der Waals surface area contributed by atoms with E-state index in [2.05, 4.69) is 4.98 Å². The summed E-state index contributed by atoms with van der Waals surface area (Å²) in [6.07, 6.45) is 3.12. The summed E-state index contributed by atoms with van der Waals surface area (Å²) in [6, 6.07) is -0.0351. The lowest BCUT2D eigenvalue weighted by molar-refractivity contribution is 0.142. The van der Waals surface area contributed by atoms with Gasteiger partial charge in [-0.1, -0.05) is 6.92 Å². The Labute approximate surface area is 115 Å². The molecule has 0 aromatic carbocycles. The lowest BCUT2D eigenvalue weighted by atomic mass is 10.4. The van der Waals surface area contributed by atoms with Gasteiger partial charge in [0.05, 0.1) is 12.9 Å². The predicted molar refractivity (Wildman–Crippen MR) is 73.5 cm³/mol. The normalized spacial score (nSPS) is 14.3. The molecule has 110 valence electrons. The average molecular weight is 289 g/mol. The number of sulfonamides is 1. The molecule has 0 amide bonds.